The van der Waals surface area contributed by atoms with Gasteiger partial charge in [0.05, 0.1) is 11.8 Å². The Hall–Kier alpha value is -2.87. The topological polar surface area (TPSA) is 48.8 Å². The van der Waals surface area contributed by atoms with Crippen LogP contribution in [-0.2, 0) is 12.7 Å². The molecule has 0 aliphatic carbocycles. The smallest absolute Gasteiger partial charge is 0.416 e. The van der Waals surface area contributed by atoms with Crippen molar-refractivity contribution in [1.82, 2.24) is 9.30 Å². The summed E-state index contributed by atoms with van der Waals surface area (Å²) in [6.45, 7) is 2.74. The van der Waals surface area contributed by atoms with Crippen molar-refractivity contribution in [3.63, 3.8) is 0 Å². The van der Waals surface area contributed by atoms with E-state index in [1.54, 1.807) is 16.8 Å². The van der Waals surface area contributed by atoms with Crippen molar-refractivity contribution < 1.29 is 22.8 Å². The fraction of sp³-hybridized carbons (Fsp3) is 0.300. The van der Waals surface area contributed by atoms with Crippen molar-refractivity contribution in [1.29, 1.82) is 0 Å². The predicted molar refractivity (Wildman–Crippen MR) is 99.3 cm³/mol. The van der Waals surface area contributed by atoms with Crippen molar-refractivity contribution in [3.05, 3.63) is 64.1 Å². The first-order valence-corrected chi connectivity index (χ1v) is 8.70. The Bertz CT molecular complexity index is 1090. The van der Waals surface area contributed by atoms with Crippen molar-refractivity contribution in [2.24, 2.45) is 0 Å². The van der Waals surface area contributed by atoms with Crippen LogP contribution in [0.4, 0.5) is 13.2 Å². The molecule has 0 aliphatic heterocycles. The van der Waals surface area contributed by atoms with Gasteiger partial charge in [-0.05, 0) is 50.8 Å². The maximum absolute atomic E-state index is 13.1. The molecule has 148 valence electrons. The van der Waals surface area contributed by atoms with Gasteiger partial charge in [0.15, 0.2) is 5.56 Å². The highest BCUT2D eigenvalue weighted by Gasteiger charge is 2.32. The zero-order chi connectivity index (χ0) is 20.6. The van der Waals surface area contributed by atoms with E-state index in [0.29, 0.717) is 18.7 Å². The third kappa shape index (κ3) is 3.60. The molecule has 0 spiro atoms. The van der Waals surface area contributed by atoms with Crippen LogP contribution in [0.3, 0.4) is 0 Å². The van der Waals surface area contributed by atoms with Crippen molar-refractivity contribution in [2.75, 3.05) is 20.6 Å². The van der Waals surface area contributed by atoms with E-state index in [-0.39, 0.29) is 17.0 Å². The number of likely N-dealkylation sites (N-methyl/N-ethyl adjacent to an activating group) is 1. The summed E-state index contributed by atoms with van der Waals surface area (Å²) >= 11 is 0. The number of pyridine rings is 1. The third-order valence-corrected chi connectivity index (χ3v) is 4.58. The second kappa shape index (κ2) is 7.27. The van der Waals surface area contributed by atoms with Gasteiger partial charge in [-0.25, -0.2) is 4.79 Å². The van der Waals surface area contributed by atoms with Gasteiger partial charge in [-0.1, -0.05) is 12.1 Å². The average Bonchev–Trinajstić information content (AvgIpc) is 2.61. The van der Waals surface area contributed by atoms with Crippen LogP contribution in [0.15, 0.2) is 47.4 Å². The Morgan fingerprint density at radius 3 is 2.54 bits per heavy atom. The molecule has 2 heterocycles. The summed E-state index contributed by atoms with van der Waals surface area (Å²) in [5.74, 6) is -0.347. The number of nitrogens with zero attached hydrogens (tertiary/aromatic N) is 3. The van der Waals surface area contributed by atoms with E-state index in [9.17, 15) is 23.1 Å². The lowest BCUT2D eigenvalue weighted by Crippen LogP contribution is -2.44. The maximum atomic E-state index is 13.1. The van der Waals surface area contributed by atoms with Gasteiger partial charge >= 0.3 is 11.7 Å². The number of hydrogen-bond donors (Lipinski definition) is 1. The van der Waals surface area contributed by atoms with E-state index in [4.69, 9.17) is 0 Å². The third-order valence-electron chi connectivity index (χ3n) is 4.58. The van der Waals surface area contributed by atoms with Crippen molar-refractivity contribution >= 4 is 5.65 Å². The highest BCUT2D eigenvalue weighted by molar-refractivity contribution is 5.68. The summed E-state index contributed by atoms with van der Waals surface area (Å²) in [7, 11) is 3.74. The van der Waals surface area contributed by atoms with Gasteiger partial charge in [-0.15, -0.1) is 0 Å². The normalized spacial score (nSPS) is 12.1. The predicted octanol–water partition coefficient (Wildman–Crippen LogP) is 2.85. The number of alkyl halides is 3. The molecule has 3 aromatic rings. The highest BCUT2D eigenvalue weighted by atomic mass is 19.4. The van der Waals surface area contributed by atoms with Crippen molar-refractivity contribution in [2.45, 2.75) is 19.6 Å². The summed E-state index contributed by atoms with van der Waals surface area (Å²) in [6.07, 6.45) is -3.00. The molecule has 0 radical (unpaired) electrons. The van der Waals surface area contributed by atoms with Gasteiger partial charge < -0.3 is 10.0 Å². The summed E-state index contributed by atoms with van der Waals surface area (Å²) in [6, 6.07) is 7.94. The molecule has 2 aromatic heterocycles. The Morgan fingerprint density at radius 1 is 1.18 bits per heavy atom. The lowest BCUT2D eigenvalue weighted by molar-refractivity contribution is -0.680. The molecule has 0 saturated heterocycles. The zero-order valence-electron chi connectivity index (χ0n) is 15.8. The average molecular weight is 392 g/mol. The van der Waals surface area contributed by atoms with E-state index in [1.807, 2.05) is 32.0 Å². The fourth-order valence-corrected chi connectivity index (χ4v) is 3.18. The number of aryl methyl sites for hydroxylation is 1. The second-order valence-electron chi connectivity index (χ2n) is 6.92. The molecule has 0 saturated carbocycles. The Labute approximate surface area is 159 Å². The summed E-state index contributed by atoms with van der Waals surface area (Å²) in [5, 5.41) is 10.9. The molecule has 0 aliphatic rings. The summed E-state index contributed by atoms with van der Waals surface area (Å²) in [5.41, 5.74) is -0.318. The molecule has 1 N–H and O–H groups in total. The molecule has 0 bridgehead atoms. The number of aromatic hydroxyl groups is 1. The van der Waals surface area contributed by atoms with E-state index in [0.717, 1.165) is 17.7 Å². The summed E-state index contributed by atoms with van der Waals surface area (Å²) < 4.78 is 42.3. The van der Waals surface area contributed by atoms with E-state index in [2.05, 4.69) is 0 Å². The minimum atomic E-state index is -4.55. The number of aromatic nitrogens is 2. The van der Waals surface area contributed by atoms with Crippen LogP contribution >= 0.6 is 0 Å². The van der Waals surface area contributed by atoms with E-state index >= 15 is 0 Å². The molecule has 8 heteroatoms. The molecule has 0 atom stereocenters. The van der Waals surface area contributed by atoms with Crippen LogP contribution < -0.4 is 10.1 Å². The van der Waals surface area contributed by atoms with Crippen LogP contribution in [0.5, 0.6) is 5.88 Å². The molecule has 1 aromatic carbocycles. The quantitative estimate of drug-likeness (QED) is 0.695. The first-order valence-electron chi connectivity index (χ1n) is 8.70. The van der Waals surface area contributed by atoms with Gasteiger partial charge in [0.25, 0.3) is 11.5 Å². The van der Waals surface area contributed by atoms with Gasteiger partial charge in [0.1, 0.15) is 6.54 Å². The standard InChI is InChI=1S/C20H20F3N3O2/c1-13-6-5-9-25-17(13)26(11-10-24(2)3)19(28)16(18(25)27)14-7-4-8-15(12-14)20(21,22)23/h4-9,12H,10-11H2,1-3H3/p+1. The molecule has 28 heavy (non-hydrogen) atoms. The van der Waals surface area contributed by atoms with Gasteiger partial charge in [0, 0.05) is 12.1 Å². The zero-order valence-corrected chi connectivity index (χ0v) is 15.8. The second-order valence-corrected chi connectivity index (χ2v) is 6.92. The molecule has 3 rings (SSSR count). The number of rotatable bonds is 4. The number of fused-ring (bicyclic) bond motifs is 1. The largest absolute Gasteiger partial charge is 0.477 e. The van der Waals surface area contributed by atoms with Crippen LogP contribution in [-0.4, -0.2) is 35.0 Å². The summed E-state index contributed by atoms with van der Waals surface area (Å²) in [4.78, 5) is 15.0. The number of hydrogen-bond acceptors (Lipinski definition) is 3. The molecular weight excluding hydrogens is 371 g/mol. The highest BCUT2D eigenvalue weighted by Crippen LogP contribution is 2.33. The first-order chi connectivity index (χ1) is 13.1. The Kier molecular flexibility index (Phi) is 5.16. The minimum absolute atomic E-state index is 0.0202. The lowest BCUT2D eigenvalue weighted by Gasteiger charge is -2.14. The monoisotopic (exact) mass is 392 g/mol. The molecule has 0 amide bonds. The van der Waals surface area contributed by atoms with Crippen LogP contribution in [0.25, 0.3) is 16.8 Å². The Morgan fingerprint density at radius 2 is 1.89 bits per heavy atom. The Balaban J connectivity index is 2.34. The van der Waals surface area contributed by atoms with Gasteiger partial charge in [0.2, 0.25) is 0 Å². The molecule has 0 fully saturated rings. The van der Waals surface area contributed by atoms with Gasteiger partial charge in [-0.2, -0.15) is 22.1 Å². The van der Waals surface area contributed by atoms with Crippen LogP contribution in [0, 0.1) is 6.92 Å². The minimum Gasteiger partial charge on any atom is -0.477 e. The van der Waals surface area contributed by atoms with Gasteiger partial charge in [-0.3, -0.25) is 0 Å². The van der Waals surface area contributed by atoms with Crippen LogP contribution in [0.2, 0.25) is 0 Å². The van der Waals surface area contributed by atoms with Crippen molar-refractivity contribution in [3.8, 4) is 17.0 Å². The lowest BCUT2D eigenvalue weighted by atomic mass is 10.0. The SMILES string of the molecule is Cc1cccn2c(=O)c(-c3cccc(C(F)(F)F)c3)c(O)[n+](CCN(C)C)c12. The molecular formula is C20H21F3N3O2+. The van der Waals surface area contributed by atoms with E-state index < -0.39 is 17.3 Å². The van der Waals surface area contributed by atoms with E-state index in [1.165, 1.54) is 16.5 Å². The maximum Gasteiger partial charge on any atom is 0.416 e. The number of halogens is 3. The molecule has 5 nitrogen and oxygen atoms in total. The first kappa shape index (κ1) is 19.9. The number of benzene rings is 1. The van der Waals surface area contributed by atoms with Crippen LogP contribution in [0.1, 0.15) is 11.1 Å². The molecule has 0 unspecified atom stereocenters. The fourth-order valence-electron chi connectivity index (χ4n) is 3.18.